The molecular weight excluding hydrogens is 306 g/mol. The fourth-order valence-electron chi connectivity index (χ4n) is 2.13. The van der Waals surface area contributed by atoms with Gasteiger partial charge in [0.1, 0.15) is 0 Å². The lowest BCUT2D eigenvalue weighted by Gasteiger charge is -2.16. The zero-order chi connectivity index (χ0) is 17.5. The van der Waals surface area contributed by atoms with Crippen molar-refractivity contribution >= 4 is 17.6 Å². The van der Waals surface area contributed by atoms with Crippen molar-refractivity contribution < 1.29 is 19.4 Å². The maximum absolute atomic E-state index is 12.1. The second kappa shape index (κ2) is 8.26. The van der Waals surface area contributed by atoms with Gasteiger partial charge in [0, 0.05) is 5.69 Å². The quantitative estimate of drug-likeness (QED) is 0.800. The molecule has 0 unspecified atom stereocenters. The number of hydrogen-bond acceptors (Lipinski definition) is 4. The van der Waals surface area contributed by atoms with Crippen LogP contribution in [-0.4, -0.2) is 23.1 Å². The number of benzene rings is 2. The Morgan fingerprint density at radius 2 is 1.71 bits per heavy atom. The van der Waals surface area contributed by atoms with E-state index in [2.05, 4.69) is 5.32 Å². The summed E-state index contributed by atoms with van der Waals surface area (Å²) in [6, 6.07) is 15.9. The largest absolute Gasteiger partial charge is 0.450 e. The topological polar surface area (TPSA) is 75.6 Å². The lowest BCUT2D eigenvalue weighted by atomic mass is 10.1. The number of hydrogen-bond donors (Lipinski definition) is 2. The van der Waals surface area contributed by atoms with Gasteiger partial charge >= 0.3 is 5.97 Å². The van der Waals surface area contributed by atoms with Gasteiger partial charge in [-0.2, -0.15) is 0 Å². The Hall–Kier alpha value is -2.66. The van der Waals surface area contributed by atoms with Crippen LogP contribution >= 0.6 is 0 Å². The number of carbonyl (C=O) groups excluding carboxylic acids is 2. The number of nitrogens with one attached hydrogen (secondary N) is 1. The number of rotatable bonds is 6. The Kier molecular flexibility index (Phi) is 6.09. The molecule has 0 heterocycles. The highest BCUT2D eigenvalue weighted by molar-refractivity contribution is 5.95. The molecule has 24 heavy (non-hydrogen) atoms. The van der Waals surface area contributed by atoms with Crippen LogP contribution in [0.3, 0.4) is 0 Å². The monoisotopic (exact) mass is 327 g/mol. The van der Waals surface area contributed by atoms with Crippen molar-refractivity contribution in [2.75, 3.05) is 5.32 Å². The van der Waals surface area contributed by atoms with Gasteiger partial charge in [0.2, 0.25) is 0 Å². The Labute approximate surface area is 141 Å². The predicted octanol–water partition coefficient (Wildman–Crippen LogP) is 2.85. The van der Waals surface area contributed by atoms with Gasteiger partial charge in [0.25, 0.3) is 5.91 Å². The molecule has 0 radical (unpaired) electrons. The van der Waals surface area contributed by atoms with E-state index < -0.39 is 24.1 Å². The third-order valence-electron chi connectivity index (χ3n) is 3.63. The molecule has 0 spiro atoms. The number of aryl methyl sites for hydroxylation is 1. The van der Waals surface area contributed by atoms with Crippen LogP contribution in [0.4, 0.5) is 5.69 Å². The smallest absolute Gasteiger partial charge is 0.340 e. The maximum atomic E-state index is 12.1. The van der Waals surface area contributed by atoms with Gasteiger partial charge in [0.15, 0.2) is 12.2 Å². The maximum Gasteiger partial charge on any atom is 0.340 e. The SMILES string of the molecule is CCc1ccc(NC(=O)[C@@H](C)OC(=O)[C@H](O)c2ccccc2)cc1. The zero-order valence-electron chi connectivity index (χ0n) is 13.7. The fraction of sp³-hybridized carbons (Fsp3) is 0.263. The van der Waals surface area contributed by atoms with Crippen molar-refractivity contribution in [2.24, 2.45) is 0 Å². The molecule has 0 aliphatic rings. The normalized spacial score (nSPS) is 13.0. The molecule has 1 amide bonds. The molecule has 0 fully saturated rings. The Morgan fingerprint density at radius 3 is 2.29 bits per heavy atom. The van der Waals surface area contributed by atoms with E-state index in [0.29, 0.717) is 11.3 Å². The van der Waals surface area contributed by atoms with Crippen LogP contribution < -0.4 is 5.32 Å². The van der Waals surface area contributed by atoms with Gasteiger partial charge in [0.05, 0.1) is 0 Å². The molecule has 126 valence electrons. The fourth-order valence-corrected chi connectivity index (χ4v) is 2.13. The van der Waals surface area contributed by atoms with E-state index in [1.54, 1.807) is 42.5 Å². The third kappa shape index (κ3) is 4.67. The van der Waals surface area contributed by atoms with Crippen molar-refractivity contribution in [3.8, 4) is 0 Å². The van der Waals surface area contributed by atoms with E-state index in [-0.39, 0.29) is 0 Å². The first-order chi connectivity index (χ1) is 11.5. The summed E-state index contributed by atoms with van der Waals surface area (Å²) in [7, 11) is 0. The van der Waals surface area contributed by atoms with E-state index in [9.17, 15) is 14.7 Å². The lowest BCUT2D eigenvalue weighted by Crippen LogP contribution is -2.31. The Balaban J connectivity index is 1.91. The average molecular weight is 327 g/mol. The summed E-state index contributed by atoms with van der Waals surface area (Å²) in [5, 5.41) is 12.6. The Bertz CT molecular complexity index is 682. The molecule has 2 atom stereocenters. The number of anilines is 1. The molecule has 2 rings (SSSR count). The highest BCUT2D eigenvalue weighted by Gasteiger charge is 2.24. The van der Waals surface area contributed by atoms with Gasteiger partial charge in [-0.3, -0.25) is 4.79 Å². The van der Waals surface area contributed by atoms with Gasteiger partial charge in [-0.15, -0.1) is 0 Å². The second-order valence-corrected chi connectivity index (χ2v) is 5.43. The highest BCUT2D eigenvalue weighted by atomic mass is 16.6. The molecule has 2 aromatic rings. The third-order valence-corrected chi connectivity index (χ3v) is 3.63. The molecule has 0 saturated heterocycles. The number of esters is 1. The van der Waals surface area contributed by atoms with Crippen LogP contribution in [-0.2, 0) is 20.7 Å². The molecule has 0 aliphatic carbocycles. The summed E-state index contributed by atoms with van der Waals surface area (Å²) in [5.74, 6) is -1.31. The van der Waals surface area contributed by atoms with Gasteiger partial charge < -0.3 is 15.2 Å². The van der Waals surface area contributed by atoms with E-state index in [1.165, 1.54) is 12.5 Å². The summed E-state index contributed by atoms with van der Waals surface area (Å²) >= 11 is 0. The molecular formula is C19H21NO4. The number of carbonyl (C=O) groups is 2. The van der Waals surface area contributed by atoms with Crippen LogP contribution in [0, 0.1) is 0 Å². The molecule has 5 heteroatoms. The van der Waals surface area contributed by atoms with Gasteiger partial charge in [-0.1, -0.05) is 49.4 Å². The molecule has 0 saturated carbocycles. The molecule has 0 bridgehead atoms. The first kappa shape index (κ1) is 17.7. The minimum Gasteiger partial charge on any atom is -0.450 e. The molecule has 0 aliphatic heterocycles. The van der Waals surface area contributed by atoms with Crippen LogP contribution in [0.15, 0.2) is 54.6 Å². The van der Waals surface area contributed by atoms with E-state index >= 15 is 0 Å². The van der Waals surface area contributed by atoms with Crippen molar-refractivity contribution in [2.45, 2.75) is 32.5 Å². The summed E-state index contributed by atoms with van der Waals surface area (Å²) in [6.07, 6.45) is -1.51. The van der Waals surface area contributed by atoms with Crippen LogP contribution in [0.2, 0.25) is 0 Å². The van der Waals surface area contributed by atoms with Gasteiger partial charge in [-0.25, -0.2) is 4.79 Å². The molecule has 5 nitrogen and oxygen atoms in total. The van der Waals surface area contributed by atoms with Crippen molar-refractivity contribution in [1.82, 2.24) is 0 Å². The van der Waals surface area contributed by atoms with E-state index in [0.717, 1.165) is 6.42 Å². The van der Waals surface area contributed by atoms with Crippen molar-refractivity contribution in [1.29, 1.82) is 0 Å². The molecule has 2 N–H and O–H groups in total. The number of aliphatic hydroxyl groups is 1. The minimum absolute atomic E-state index is 0.422. The predicted molar refractivity (Wildman–Crippen MR) is 91.4 cm³/mol. The molecule has 0 aromatic heterocycles. The van der Waals surface area contributed by atoms with Crippen LogP contribution in [0.1, 0.15) is 31.1 Å². The van der Waals surface area contributed by atoms with Gasteiger partial charge in [-0.05, 0) is 36.6 Å². The van der Waals surface area contributed by atoms with Crippen molar-refractivity contribution in [3.63, 3.8) is 0 Å². The van der Waals surface area contributed by atoms with Crippen LogP contribution in [0.5, 0.6) is 0 Å². The standard InChI is InChI=1S/C19H21NO4/c1-3-14-9-11-16(12-10-14)20-18(22)13(2)24-19(23)17(21)15-7-5-4-6-8-15/h4-13,17,21H,3H2,1-2H3,(H,20,22)/t13-,17-/m1/s1. The number of ether oxygens (including phenoxy) is 1. The second-order valence-electron chi connectivity index (χ2n) is 5.43. The summed E-state index contributed by atoms with van der Waals surface area (Å²) in [4.78, 5) is 24.0. The average Bonchev–Trinajstić information content (AvgIpc) is 2.62. The first-order valence-electron chi connectivity index (χ1n) is 7.84. The summed E-state index contributed by atoms with van der Waals surface area (Å²) in [6.45, 7) is 3.51. The zero-order valence-corrected chi connectivity index (χ0v) is 13.7. The van der Waals surface area contributed by atoms with Crippen LogP contribution in [0.25, 0.3) is 0 Å². The highest BCUT2D eigenvalue weighted by Crippen LogP contribution is 2.15. The summed E-state index contributed by atoms with van der Waals surface area (Å²) < 4.78 is 5.04. The Morgan fingerprint density at radius 1 is 1.08 bits per heavy atom. The first-order valence-corrected chi connectivity index (χ1v) is 7.84. The number of amides is 1. The summed E-state index contributed by atoms with van der Waals surface area (Å²) in [5.41, 5.74) is 2.22. The van der Waals surface area contributed by atoms with E-state index in [4.69, 9.17) is 4.74 Å². The minimum atomic E-state index is -1.41. The number of aliphatic hydroxyl groups excluding tert-OH is 1. The lowest BCUT2D eigenvalue weighted by molar-refractivity contribution is -0.162. The van der Waals surface area contributed by atoms with E-state index in [1.807, 2.05) is 19.1 Å². The molecule has 2 aromatic carbocycles. The van der Waals surface area contributed by atoms with Crippen molar-refractivity contribution in [3.05, 3.63) is 65.7 Å².